The van der Waals surface area contributed by atoms with Crippen molar-refractivity contribution in [1.82, 2.24) is 0 Å². The van der Waals surface area contributed by atoms with E-state index in [9.17, 15) is 4.79 Å². The molecule has 1 aromatic carbocycles. The molecule has 0 bridgehead atoms. The summed E-state index contributed by atoms with van der Waals surface area (Å²) in [4.78, 5) is 11.6. The van der Waals surface area contributed by atoms with Crippen molar-refractivity contribution in [1.29, 1.82) is 0 Å². The van der Waals surface area contributed by atoms with Gasteiger partial charge in [-0.2, -0.15) is 0 Å². The summed E-state index contributed by atoms with van der Waals surface area (Å²) in [5, 5.41) is 0. The molecule has 8 nitrogen and oxygen atoms in total. The Bertz CT molecular complexity index is 632. The van der Waals surface area contributed by atoms with E-state index in [2.05, 4.69) is 6.58 Å². The molecule has 0 radical (unpaired) electrons. The van der Waals surface area contributed by atoms with Crippen LogP contribution in [0.1, 0.15) is 26.3 Å². The van der Waals surface area contributed by atoms with Gasteiger partial charge in [0.15, 0.2) is 11.5 Å². The summed E-state index contributed by atoms with van der Waals surface area (Å²) < 4.78 is 38.2. The van der Waals surface area contributed by atoms with Crippen molar-refractivity contribution in [3.8, 4) is 11.5 Å². The summed E-state index contributed by atoms with van der Waals surface area (Å²) in [6.45, 7) is 14.2. The highest BCUT2D eigenvalue weighted by atomic mass is 16.6. The van der Waals surface area contributed by atoms with Gasteiger partial charge in [0.2, 0.25) is 0 Å². The molecule has 1 rings (SSSR count). The number of benzene rings is 1. The van der Waals surface area contributed by atoms with Crippen molar-refractivity contribution in [2.24, 2.45) is 0 Å². The Balaban J connectivity index is 2.55. The number of hydrogen-bond donors (Lipinski definition) is 0. The largest absolute Gasteiger partial charge is 0.487 e. The van der Waals surface area contributed by atoms with Gasteiger partial charge in [-0.15, -0.1) is 0 Å². The zero-order chi connectivity index (χ0) is 22.7. The summed E-state index contributed by atoms with van der Waals surface area (Å²) in [6.07, 6.45) is 0. The second-order valence-corrected chi connectivity index (χ2v) is 6.45. The van der Waals surface area contributed by atoms with Crippen LogP contribution in [0.4, 0.5) is 0 Å². The molecular weight excluding hydrogens is 404 g/mol. The molecule has 0 fully saturated rings. The quantitative estimate of drug-likeness (QED) is 0.184. The number of carbonyl (C=O) groups is 1. The second kappa shape index (κ2) is 17.5. The summed E-state index contributed by atoms with van der Waals surface area (Å²) in [5.41, 5.74) is 1.13. The fraction of sp³-hybridized carbons (Fsp3) is 0.609. The van der Waals surface area contributed by atoms with Crippen molar-refractivity contribution in [3.63, 3.8) is 0 Å². The average Bonchev–Trinajstić information content (AvgIpc) is 2.77. The van der Waals surface area contributed by atoms with Crippen LogP contribution in [0.2, 0.25) is 0 Å². The molecule has 0 saturated carbocycles. The highest BCUT2D eigenvalue weighted by molar-refractivity contribution is 5.86. The lowest BCUT2D eigenvalue weighted by atomic mass is 10.2. The number of esters is 1. The molecule has 0 aliphatic carbocycles. The topological polar surface area (TPSA) is 81.7 Å². The van der Waals surface area contributed by atoms with Crippen LogP contribution < -0.4 is 9.47 Å². The van der Waals surface area contributed by atoms with E-state index in [4.69, 9.17) is 33.2 Å². The molecule has 0 saturated heterocycles. The Morgan fingerprint density at radius 1 is 0.774 bits per heavy atom. The standard InChI is InChI=1S/C23H36O8/c1-5-25-9-11-27-13-15-29-21-8-7-20(18-31-23(24)19(3)4)17-22(21)30-16-14-28-12-10-26-6-2/h7-8,17H,3,5-6,9-16,18H2,1-2,4H3. The van der Waals surface area contributed by atoms with Crippen LogP contribution in [0.25, 0.3) is 0 Å². The lowest BCUT2D eigenvalue weighted by molar-refractivity contribution is -0.140. The Morgan fingerprint density at radius 2 is 1.29 bits per heavy atom. The van der Waals surface area contributed by atoms with Crippen molar-refractivity contribution in [2.45, 2.75) is 27.4 Å². The number of ether oxygens (including phenoxy) is 7. The molecule has 0 aliphatic rings. The van der Waals surface area contributed by atoms with Crippen molar-refractivity contribution < 1.29 is 38.0 Å². The fourth-order valence-corrected chi connectivity index (χ4v) is 2.30. The van der Waals surface area contributed by atoms with E-state index in [1.807, 2.05) is 19.9 Å². The van der Waals surface area contributed by atoms with E-state index in [1.165, 1.54) is 0 Å². The van der Waals surface area contributed by atoms with E-state index < -0.39 is 5.97 Å². The highest BCUT2D eigenvalue weighted by Crippen LogP contribution is 2.29. The van der Waals surface area contributed by atoms with Gasteiger partial charge in [-0.05, 0) is 38.5 Å². The van der Waals surface area contributed by atoms with Gasteiger partial charge in [0, 0.05) is 18.8 Å². The minimum atomic E-state index is -0.435. The predicted octanol–water partition coefficient (Wildman–Crippen LogP) is 3.17. The van der Waals surface area contributed by atoms with E-state index in [0.717, 1.165) is 5.56 Å². The molecule has 0 N–H and O–H groups in total. The van der Waals surface area contributed by atoms with Gasteiger partial charge < -0.3 is 33.2 Å². The summed E-state index contributed by atoms with van der Waals surface area (Å²) in [7, 11) is 0. The van der Waals surface area contributed by atoms with Crippen LogP contribution in [0.3, 0.4) is 0 Å². The van der Waals surface area contributed by atoms with Crippen molar-refractivity contribution >= 4 is 5.97 Å². The Morgan fingerprint density at radius 3 is 1.84 bits per heavy atom. The normalized spacial score (nSPS) is 10.7. The third-order valence-electron chi connectivity index (χ3n) is 3.85. The number of hydrogen-bond acceptors (Lipinski definition) is 8. The molecule has 0 heterocycles. The van der Waals surface area contributed by atoms with E-state index in [1.54, 1.807) is 19.1 Å². The van der Waals surface area contributed by atoms with Crippen LogP contribution in [-0.4, -0.2) is 72.0 Å². The molecular formula is C23H36O8. The van der Waals surface area contributed by atoms with Crippen molar-refractivity contribution in [3.05, 3.63) is 35.9 Å². The first-order valence-electron chi connectivity index (χ1n) is 10.6. The third kappa shape index (κ3) is 13.0. The fourth-order valence-electron chi connectivity index (χ4n) is 2.30. The first-order valence-corrected chi connectivity index (χ1v) is 10.6. The van der Waals surface area contributed by atoms with Crippen LogP contribution in [0.15, 0.2) is 30.4 Å². The summed E-state index contributed by atoms with van der Waals surface area (Å²) in [5.74, 6) is 0.694. The lowest BCUT2D eigenvalue weighted by Gasteiger charge is -2.15. The Labute approximate surface area is 185 Å². The SMILES string of the molecule is C=C(C)C(=O)OCc1ccc(OCCOCCOCC)c(OCCOCCOCC)c1. The maximum Gasteiger partial charge on any atom is 0.333 e. The number of carbonyl (C=O) groups excluding carboxylic acids is 1. The maximum absolute atomic E-state index is 11.6. The van der Waals surface area contributed by atoms with E-state index in [0.29, 0.717) is 83.1 Å². The van der Waals surface area contributed by atoms with Crippen LogP contribution >= 0.6 is 0 Å². The third-order valence-corrected chi connectivity index (χ3v) is 3.85. The monoisotopic (exact) mass is 440 g/mol. The predicted molar refractivity (Wildman–Crippen MR) is 117 cm³/mol. The molecule has 0 spiro atoms. The van der Waals surface area contributed by atoms with Gasteiger partial charge in [0.05, 0.1) is 39.6 Å². The molecule has 0 amide bonds. The summed E-state index contributed by atoms with van der Waals surface area (Å²) in [6, 6.07) is 5.40. The van der Waals surface area contributed by atoms with Gasteiger partial charge in [-0.25, -0.2) is 4.79 Å². The van der Waals surface area contributed by atoms with Gasteiger partial charge in [-0.1, -0.05) is 12.6 Å². The molecule has 0 unspecified atom stereocenters. The lowest BCUT2D eigenvalue weighted by Crippen LogP contribution is -2.13. The van der Waals surface area contributed by atoms with Gasteiger partial charge in [0.1, 0.15) is 19.8 Å². The van der Waals surface area contributed by atoms with Crippen LogP contribution in [0.5, 0.6) is 11.5 Å². The van der Waals surface area contributed by atoms with Gasteiger partial charge in [-0.3, -0.25) is 0 Å². The Hall–Kier alpha value is -2.13. The van der Waals surface area contributed by atoms with Crippen molar-refractivity contribution in [2.75, 3.05) is 66.1 Å². The number of rotatable bonds is 19. The van der Waals surface area contributed by atoms with Crippen LogP contribution in [0, 0.1) is 0 Å². The molecule has 176 valence electrons. The molecule has 0 atom stereocenters. The average molecular weight is 441 g/mol. The smallest absolute Gasteiger partial charge is 0.333 e. The first-order chi connectivity index (χ1) is 15.1. The zero-order valence-corrected chi connectivity index (χ0v) is 19.0. The highest BCUT2D eigenvalue weighted by Gasteiger charge is 2.10. The molecule has 1 aromatic rings. The minimum absolute atomic E-state index is 0.119. The summed E-state index contributed by atoms with van der Waals surface area (Å²) >= 11 is 0. The van der Waals surface area contributed by atoms with Gasteiger partial charge >= 0.3 is 5.97 Å². The maximum atomic E-state index is 11.6. The zero-order valence-electron chi connectivity index (χ0n) is 19.0. The second-order valence-electron chi connectivity index (χ2n) is 6.45. The minimum Gasteiger partial charge on any atom is -0.487 e. The Kier molecular flexibility index (Phi) is 15.2. The first kappa shape index (κ1) is 26.9. The molecule has 8 heteroatoms. The van der Waals surface area contributed by atoms with E-state index >= 15 is 0 Å². The molecule has 0 aliphatic heterocycles. The van der Waals surface area contributed by atoms with Gasteiger partial charge in [0.25, 0.3) is 0 Å². The molecule has 0 aromatic heterocycles. The van der Waals surface area contributed by atoms with E-state index in [-0.39, 0.29) is 6.61 Å². The molecule has 31 heavy (non-hydrogen) atoms. The van der Waals surface area contributed by atoms with Crippen LogP contribution in [-0.2, 0) is 35.1 Å².